The normalized spacial score (nSPS) is 18.7. The van der Waals surface area contributed by atoms with Crippen molar-refractivity contribution >= 4 is 37.5 Å². The van der Waals surface area contributed by atoms with Crippen LogP contribution >= 0.6 is 27.7 Å². The molecule has 1 fully saturated rings. The lowest BCUT2D eigenvalue weighted by Crippen LogP contribution is -2.33. The van der Waals surface area contributed by atoms with E-state index in [1.54, 1.807) is 6.07 Å². The second-order valence-corrected chi connectivity index (χ2v) is 8.78. The topological polar surface area (TPSA) is 60.2 Å². The summed E-state index contributed by atoms with van der Waals surface area (Å²) in [6.07, 6.45) is 7.17. The summed E-state index contributed by atoms with van der Waals surface area (Å²) in [5, 5.41) is 0. The van der Waals surface area contributed by atoms with Crippen LogP contribution < -0.4 is 5.73 Å². The zero-order chi connectivity index (χ0) is 14.3. The molecule has 0 heterocycles. The molecule has 106 valence electrons. The highest BCUT2D eigenvalue weighted by atomic mass is 79.9. The highest BCUT2D eigenvalue weighted by Crippen LogP contribution is 2.41. The smallest absolute Gasteiger partial charge is 0.176 e. The lowest BCUT2D eigenvalue weighted by molar-refractivity contribution is 0.459. The monoisotopic (exact) mass is 363 g/mol. The van der Waals surface area contributed by atoms with Crippen LogP contribution in [0.3, 0.4) is 0 Å². The number of benzene rings is 1. The summed E-state index contributed by atoms with van der Waals surface area (Å²) in [7, 11) is -3.25. The minimum Gasteiger partial charge on any atom is -0.321 e. The maximum atomic E-state index is 12.0. The molecule has 0 unspecified atom stereocenters. The van der Waals surface area contributed by atoms with E-state index in [0.29, 0.717) is 4.90 Å². The number of halogens is 1. The molecule has 0 atom stereocenters. The molecular weight excluding hydrogens is 346 g/mol. The van der Waals surface area contributed by atoms with E-state index in [9.17, 15) is 8.42 Å². The van der Waals surface area contributed by atoms with E-state index in [-0.39, 0.29) is 5.54 Å². The van der Waals surface area contributed by atoms with Gasteiger partial charge in [-0.2, -0.15) is 0 Å². The minimum atomic E-state index is -3.25. The predicted molar refractivity (Wildman–Crippen MR) is 83.4 cm³/mol. The van der Waals surface area contributed by atoms with Gasteiger partial charge in [0.05, 0.1) is 4.90 Å². The number of nitrogens with two attached hydrogens (primary N) is 1. The van der Waals surface area contributed by atoms with Crippen molar-refractivity contribution in [2.45, 2.75) is 41.0 Å². The fraction of sp³-hybridized carbons (Fsp3) is 0.538. The van der Waals surface area contributed by atoms with E-state index < -0.39 is 9.84 Å². The first-order valence-corrected chi connectivity index (χ1v) is 10.1. The van der Waals surface area contributed by atoms with Gasteiger partial charge < -0.3 is 5.73 Å². The summed E-state index contributed by atoms with van der Waals surface area (Å²) >= 11 is 4.91. The van der Waals surface area contributed by atoms with Gasteiger partial charge in [-0.3, -0.25) is 0 Å². The predicted octanol–water partition coefficient (Wildman–Crippen LogP) is 3.30. The minimum absolute atomic E-state index is 0.376. The number of hydrogen-bond acceptors (Lipinski definition) is 4. The van der Waals surface area contributed by atoms with Gasteiger partial charge in [0.15, 0.2) is 9.84 Å². The van der Waals surface area contributed by atoms with Crippen molar-refractivity contribution in [2.24, 2.45) is 5.73 Å². The number of rotatable bonds is 3. The summed E-state index contributed by atoms with van der Waals surface area (Å²) in [5.41, 5.74) is 6.98. The molecular formula is C13H18BrNO2S2. The summed E-state index contributed by atoms with van der Waals surface area (Å²) in [5.74, 6) is 0. The molecule has 0 radical (unpaired) electrons. The van der Waals surface area contributed by atoms with Crippen LogP contribution in [0, 0.1) is 0 Å². The van der Waals surface area contributed by atoms with Crippen LogP contribution in [0.5, 0.6) is 0 Å². The van der Waals surface area contributed by atoms with Crippen LogP contribution in [0.25, 0.3) is 0 Å². The first kappa shape index (κ1) is 15.4. The summed E-state index contributed by atoms with van der Waals surface area (Å²) in [4.78, 5) is 1.13. The molecule has 3 nitrogen and oxygen atoms in total. The third-order valence-electron chi connectivity index (χ3n) is 3.68. The Morgan fingerprint density at radius 3 is 2.37 bits per heavy atom. The number of sulfone groups is 1. The Hall–Kier alpha value is -0.0400. The van der Waals surface area contributed by atoms with E-state index in [1.807, 2.05) is 12.3 Å². The Kier molecular flexibility index (Phi) is 4.35. The van der Waals surface area contributed by atoms with Gasteiger partial charge in [-0.15, -0.1) is 11.8 Å². The highest BCUT2D eigenvalue weighted by Gasteiger charge is 2.33. The Labute approximate surface area is 127 Å². The Morgan fingerprint density at radius 1 is 1.32 bits per heavy atom. The van der Waals surface area contributed by atoms with Gasteiger partial charge in [0.1, 0.15) is 0 Å². The molecule has 1 aromatic carbocycles. The van der Waals surface area contributed by atoms with E-state index in [2.05, 4.69) is 15.9 Å². The fourth-order valence-corrected chi connectivity index (χ4v) is 5.71. The Bertz CT molecular complexity index is 593. The van der Waals surface area contributed by atoms with Crippen LogP contribution in [0.2, 0.25) is 0 Å². The van der Waals surface area contributed by atoms with Crippen molar-refractivity contribution in [3.05, 3.63) is 22.2 Å². The van der Waals surface area contributed by atoms with Crippen LogP contribution in [0.1, 0.15) is 31.2 Å². The van der Waals surface area contributed by atoms with Gasteiger partial charge in [0.2, 0.25) is 0 Å². The third kappa shape index (κ3) is 3.01. The molecule has 0 saturated heterocycles. The third-order valence-corrected chi connectivity index (χ3v) is 6.67. The highest BCUT2D eigenvalue weighted by molar-refractivity contribution is 9.10. The van der Waals surface area contributed by atoms with Crippen molar-refractivity contribution in [3.8, 4) is 0 Å². The van der Waals surface area contributed by atoms with Crippen molar-refractivity contribution in [1.82, 2.24) is 0 Å². The van der Waals surface area contributed by atoms with Crippen molar-refractivity contribution in [2.75, 3.05) is 12.5 Å². The van der Waals surface area contributed by atoms with E-state index >= 15 is 0 Å². The van der Waals surface area contributed by atoms with E-state index in [4.69, 9.17) is 5.73 Å². The Balaban J connectivity index is 2.63. The molecule has 2 N–H and O–H groups in total. The second-order valence-electron chi connectivity index (χ2n) is 5.12. The van der Waals surface area contributed by atoms with Crippen LogP contribution in [0.4, 0.5) is 0 Å². The van der Waals surface area contributed by atoms with Crippen molar-refractivity contribution < 1.29 is 8.42 Å². The first-order valence-electron chi connectivity index (χ1n) is 6.15. The van der Waals surface area contributed by atoms with Gasteiger partial charge in [-0.25, -0.2) is 8.42 Å². The molecule has 1 aromatic rings. The number of hydrogen-bond donors (Lipinski definition) is 1. The maximum Gasteiger partial charge on any atom is 0.176 e. The summed E-state index contributed by atoms with van der Waals surface area (Å²) < 4.78 is 24.7. The first-order chi connectivity index (χ1) is 8.78. The zero-order valence-electron chi connectivity index (χ0n) is 11.1. The molecule has 1 aliphatic rings. The summed E-state index contributed by atoms with van der Waals surface area (Å²) in [6, 6.07) is 3.74. The molecule has 0 aromatic heterocycles. The largest absolute Gasteiger partial charge is 0.321 e. The molecule has 0 amide bonds. The molecule has 19 heavy (non-hydrogen) atoms. The van der Waals surface area contributed by atoms with E-state index in [0.717, 1.165) is 40.6 Å². The van der Waals surface area contributed by atoms with Gasteiger partial charge in [0, 0.05) is 21.2 Å². The molecule has 2 rings (SSSR count). The summed E-state index contributed by atoms with van der Waals surface area (Å²) in [6.45, 7) is 0. The average Bonchev–Trinajstić information content (AvgIpc) is 2.75. The van der Waals surface area contributed by atoms with Gasteiger partial charge in [0.25, 0.3) is 0 Å². The molecule has 0 bridgehead atoms. The second kappa shape index (κ2) is 5.39. The lowest BCUT2D eigenvalue weighted by Gasteiger charge is -2.26. The molecule has 1 aliphatic carbocycles. The fourth-order valence-electron chi connectivity index (χ4n) is 2.62. The van der Waals surface area contributed by atoms with Crippen LogP contribution in [0.15, 0.2) is 26.4 Å². The molecule has 0 spiro atoms. The zero-order valence-corrected chi connectivity index (χ0v) is 14.3. The lowest BCUT2D eigenvalue weighted by atomic mass is 9.89. The van der Waals surface area contributed by atoms with Crippen LogP contribution in [-0.4, -0.2) is 20.9 Å². The number of thioether (sulfide) groups is 1. The van der Waals surface area contributed by atoms with Gasteiger partial charge in [-0.05, 0) is 52.7 Å². The molecule has 1 saturated carbocycles. The van der Waals surface area contributed by atoms with Crippen LogP contribution in [-0.2, 0) is 15.4 Å². The van der Waals surface area contributed by atoms with Gasteiger partial charge in [-0.1, -0.05) is 12.8 Å². The Morgan fingerprint density at radius 2 is 1.89 bits per heavy atom. The maximum absolute atomic E-state index is 12.0. The quantitative estimate of drug-likeness (QED) is 0.836. The van der Waals surface area contributed by atoms with Crippen molar-refractivity contribution in [3.63, 3.8) is 0 Å². The van der Waals surface area contributed by atoms with Crippen molar-refractivity contribution in [1.29, 1.82) is 0 Å². The molecule has 6 heteroatoms. The van der Waals surface area contributed by atoms with Gasteiger partial charge >= 0.3 is 0 Å². The van der Waals surface area contributed by atoms with E-state index in [1.165, 1.54) is 18.0 Å². The molecule has 0 aliphatic heterocycles. The standard InChI is InChI=1S/C13H18BrNO2S2/c1-18-12-10(14)7-9(8-11(12)19(2,16)17)13(15)5-3-4-6-13/h7-8H,3-6,15H2,1-2H3. The SMILES string of the molecule is CSc1c(Br)cc(C2(N)CCCC2)cc1S(C)(=O)=O. The average molecular weight is 364 g/mol.